The normalized spacial score (nSPS) is 19.8. The third-order valence-electron chi connectivity index (χ3n) is 4.89. The molecule has 1 aliphatic rings. The average Bonchev–Trinajstić information content (AvgIpc) is 3.23. The van der Waals surface area contributed by atoms with Gasteiger partial charge < -0.3 is 21.4 Å². The summed E-state index contributed by atoms with van der Waals surface area (Å²) in [5, 5.41) is 5.94. The SMILES string of the molecule is CCNC(=O)[C@@H]1C[C@@H](NC(=O)c2cc[nH]c2C)CN1Cc1cccnc1N. The van der Waals surface area contributed by atoms with Crippen LogP contribution < -0.4 is 16.4 Å². The van der Waals surface area contributed by atoms with Crippen molar-refractivity contribution in [2.75, 3.05) is 18.8 Å². The molecule has 0 aromatic carbocycles. The number of aromatic nitrogens is 2. The molecule has 3 rings (SSSR count). The van der Waals surface area contributed by atoms with Crippen LogP contribution in [0.25, 0.3) is 0 Å². The number of H-pyrrole nitrogens is 1. The van der Waals surface area contributed by atoms with Crippen LogP contribution in [0.1, 0.15) is 35.0 Å². The molecule has 0 radical (unpaired) electrons. The minimum Gasteiger partial charge on any atom is -0.383 e. The average molecular weight is 370 g/mol. The number of aromatic amines is 1. The number of nitrogens with one attached hydrogen (secondary N) is 3. The fourth-order valence-corrected chi connectivity index (χ4v) is 3.51. The lowest BCUT2D eigenvalue weighted by atomic mass is 10.1. The fourth-order valence-electron chi connectivity index (χ4n) is 3.51. The lowest BCUT2D eigenvalue weighted by Gasteiger charge is -2.23. The first-order chi connectivity index (χ1) is 13.0. The van der Waals surface area contributed by atoms with Gasteiger partial charge in [0.05, 0.1) is 11.6 Å². The topological polar surface area (TPSA) is 116 Å². The van der Waals surface area contributed by atoms with Crippen molar-refractivity contribution >= 4 is 17.6 Å². The van der Waals surface area contributed by atoms with Crippen LogP contribution in [0.3, 0.4) is 0 Å². The number of pyridine rings is 1. The highest BCUT2D eigenvalue weighted by Crippen LogP contribution is 2.23. The first kappa shape index (κ1) is 18.9. The van der Waals surface area contributed by atoms with E-state index in [-0.39, 0.29) is 23.9 Å². The lowest BCUT2D eigenvalue weighted by molar-refractivity contribution is -0.125. The van der Waals surface area contributed by atoms with Crippen molar-refractivity contribution in [2.24, 2.45) is 0 Å². The molecule has 1 saturated heterocycles. The van der Waals surface area contributed by atoms with E-state index in [0.29, 0.717) is 37.4 Å². The molecular formula is C19H26N6O2. The minimum absolute atomic E-state index is 0.0328. The van der Waals surface area contributed by atoms with Gasteiger partial charge in [-0.3, -0.25) is 14.5 Å². The number of aryl methyl sites for hydroxylation is 1. The van der Waals surface area contributed by atoms with Gasteiger partial charge in [0.15, 0.2) is 0 Å². The van der Waals surface area contributed by atoms with Gasteiger partial charge in [0.2, 0.25) is 5.91 Å². The highest BCUT2D eigenvalue weighted by molar-refractivity contribution is 5.95. The van der Waals surface area contributed by atoms with Crippen LogP contribution in [0.15, 0.2) is 30.6 Å². The quantitative estimate of drug-likeness (QED) is 0.600. The number of carbonyl (C=O) groups is 2. The first-order valence-corrected chi connectivity index (χ1v) is 9.15. The van der Waals surface area contributed by atoms with Crippen LogP contribution in [0.5, 0.6) is 0 Å². The van der Waals surface area contributed by atoms with Gasteiger partial charge in [-0.25, -0.2) is 4.98 Å². The summed E-state index contributed by atoms with van der Waals surface area (Å²) in [5.74, 6) is 0.299. The molecule has 0 bridgehead atoms. The van der Waals surface area contributed by atoms with Crippen molar-refractivity contribution in [1.82, 2.24) is 25.5 Å². The molecule has 1 fully saturated rings. The molecule has 8 nitrogen and oxygen atoms in total. The van der Waals surface area contributed by atoms with Crippen LogP contribution >= 0.6 is 0 Å². The van der Waals surface area contributed by atoms with Crippen molar-refractivity contribution in [2.45, 2.75) is 38.9 Å². The van der Waals surface area contributed by atoms with Gasteiger partial charge in [-0.2, -0.15) is 0 Å². The molecule has 1 aliphatic heterocycles. The summed E-state index contributed by atoms with van der Waals surface area (Å²) in [6, 6.07) is 5.07. The van der Waals surface area contributed by atoms with E-state index in [4.69, 9.17) is 5.73 Å². The number of nitrogens with two attached hydrogens (primary N) is 1. The molecule has 8 heteroatoms. The molecule has 3 heterocycles. The zero-order valence-corrected chi connectivity index (χ0v) is 15.7. The Morgan fingerprint density at radius 1 is 1.41 bits per heavy atom. The fraction of sp³-hybridized carbons (Fsp3) is 0.421. The van der Waals surface area contributed by atoms with Crippen molar-refractivity contribution in [1.29, 1.82) is 0 Å². The molecule has 5 N–H and O–H groups in total. The van der Waals surface area contributed by atoms with Gasteiger partial charge >= 0.3 is 0 Å². The van der Waals surface area contributed by atoms with Crippen LogP contribution in [-0.4, -0.2) is 51.9 Å². The Morgan fingerprint density at radius 3 is 2.89 bits per heavy atom. The Morgan fingerprint density at radius 2 is 2.22 bits per heavy atom. The second-order valence-electron chi connectivity index (χ2n) is 6.81. The molecule has 144 valence electrons. The van der Waals surface area contributed by atoms with Crippen LogP contribution in [0.4, 0.5) is 5.82 Å². The third kappa shape index (κ3) is 4.28. The predicted molar refractivity (Wildman–Crippen MR) is 103 cm³/mol. The second kappa shape index (κ2) is 8.22. The second-order valence-corrected chi connectivity index (χ2v) is 6.81. The zero-order chi connectivity index (χ0) is 19.4. The number of amides is 2. The van der Waals surface area contributed by atoms with Gasteiger partial charge in [0.25, 0.3) is 5.91 Å². The largest absolute Gasteiger partial charge is 0.383 e. The number of likely N-dealkylation sites (N-methyl/N-ethyl adjacent to an activating group) is 1. The zero-order valence-electron chi connectivity index (χ0n) is 15.7. The van der Waals surface area contributed by atoms with E-state index in [1.807, 2.05) is 30.9 Å². The number of rotatable bonds is 6. The Labute approximate surface area is 158 Å². The molecule has 0 saturated carbocycles. The van der Waals surface area contributed by atoms with E-state index in [1.165, 1.54) is 0 Å². The summed E-state index contributed by atoms with van der Waals surface area (Å²) in [6.07, 6.45) is 3.95. The van der Waals surface area contributed by atoms with Crippen molar-refractivity contribution < 1.29 is 9.59 Å². The molecule has 2 aromatic heterocycles. The number of likely N-dealkylation sites (tertiary alicyclic amines) is 1. The molecule has 0 unspecified atom stereocenters. The van der Waals surface area contributed by atoms with Crippen LogP contribution in [0, 0.1) is 6.92 Å². The Kier molecular flexibility index (Phi) is 5.75. The maximum atomic E-state index is 12.5. The lowest BCUT2D eigenvalue weighted by Crippen LogP contribution is -2.42. The van der Waals surface area contributed by atoms with Gasteiger partial charge in [-0.15, -0.1) is 0 Å². The number of carbonyl (C=O) groups excluding carboxylic acids is 2. The summed E-state index contributed by atoms with van der Waals surface area (Å²) < 4.78 is 0. The van der Waals surface area contributed by atoms with Gasteiger partial charge in [-0.1, -0.05) is 6.07 Å². The summed E-state index contributed by atoms with van der Waals surface area (Å²) in [4.78, 5) is 34.2. The molecule has 2 atom stereocenters. The highest BCUT2D eigenvalue weighted by Gasteiger charge is 2.37. The maximum absolute atomic E-state index is 12.5. The molecule has 27 heavy (non-hydrogen) atoms. The van der Waals surface area contributed by atoms with E-state index in [0.717, 1.165) is 11.3 Å². The Balaban J connectivity index is 1.73. The standard InChI is InChI=1S/C19H26N6O2/c1-3-21-19(27)16-9-14(24-18(26)15-6-8-22-12(15)2)11-25(16)10-13-5-4-7-23-17(13)20/h4-8,14,16,22H,3,9-11H2,1-2H3,(H2,20,23)(H,21,27)(H,24,26)/t14-,16+/m1/s1. The third-order valence-corrected chi connectivity index (χ3v) is 4.89. The van der Waals surface area contributed by atoms with Gasteiger partial charge in [0, 0.05) is 49.3 Å². The Hall–Kier alpha value is -2.87. The highest BCUT2D eigenvalue weighted by atomic mass is 16.2. The Bertz CT molecular complexity index is 818. The summed E-state index contributed by atoms with van der Waals surface area (Å²) in [6.45, 7) is 5.41. The van der Waals surface area contributed by atoms with E-state index in [9.17, 15) is 9.59 Å². The molecule has 0 spiro atoms. The van der Waals surface area contributed by atoms with Gasteiger partial charge in [0.1, 0.15) is 5.82 Å². The van der Waals surface area contributed by atoms with Gasteiger partial charge in [-0.05, 0) is 32.4 Å². The number of anilines is 1. The van der Waals surface area contributed by atoms with Crippen molar-refractivity contribution in [3.63, 3.8) is 0 Å². The van der Waals surface area contributed by atoms with Crippen LogP contribution in [-0.2, 0) is 11.3 Å². The van der Waals surface area contributed by atoms with Crippen molar-refractivity contribution in [3.05, 3.63) is 47.4 Å². The maximum Gasteiger partial charge on any atom is 0.253 e. The smallest absolute Gasteiger partial charge is 0.253 e. The number of nitrogens with zero attached hydrogens (tertiary/aromatic N) is 2. The molecule has 0 aliphatic carbocycles. The molecule has 2 amide bonds. The summed E-state index contributed by atoms with van der Waals surface area (Å²) >= 11 is 0. The minimum atomic E-state index is -0.317. The van der Waals surface area contributed by atoms with E-state index in [2.05, 4.69) is 20.6 Å². The first-order valence-electron chi connectivity index (χ1n) is 9.15. The van der Waals surface area contributed by atoms with E-state index < -0.39 is 0 Å². The molecular weight excluding hydrogens is 344 g/mol. The van der Waals surface area contributed by atoms with Crippen molar-refractivity contribution in [3.8, 4) is 0 Å². The summed E-state index contributed by atoms with van der Waals surface area (Å²) in [5.41, 5.74) is 8.29. The van der Waals surface area contributed by atoms with E-state index >= 15 is 0 Å². The van der Waals surface area contributed by atoms with Crippen LogP contribution in [0.2, 0.25) is 0 Å². The number of hydrogen-bond acceptors (Lipinski definition) is 5. The summed E-state index contributed by atoms with van der Waals surface area (Å²) in [7, 11) is 0. The number of nitrogen functional groups attached to an aromatic ring is 1. The molecule has 2 aromatic rings. The van der Waals surface area contributed by atoms with E-state index in [1.54, 1.807) is 18.5 Å². The number of hydrogen-bond donors (Lipinski definition) is 4. The predicted octanol–water partition coefficient (Wildman–Crippen LogP) is 0.809. The monoisotopic (exact) mass is 370 g/mol.